The number of nitrogens with zero attached hydrogens (tertiary/aromatic N) is 2. The largest absolute Gasteiger partial charge is 0.396 e. The number of aliphatic hydroxyl groups is 1. The number of amides is 1. The fraction of sp³-hybridized carbons (Fsp3) is 0.692. The molecule has 21 heavy (non-hydrogen) atoms. The molecule has 0 saturated carbocycles. The molecule has 0 aliphatic carbocycles. The third kappa shape index (κ3) is 4.83. The van der Waals surface area contributed by atoms with Crippen LogP contribution in [0.15, 0.2) is 0 Å². The first kappa shape index (κ1) is 17.7. The Kier molecular flexibility index (Phi) is 7.41. The Morgan fingerprint density at radius 3 is 2.71 bits per heavy atom. The van der Waals surface area contributed by atoms with E-state index in [9.17, 15) is 4.79 Å². The second kappa shape index (κ2) is 8.81. The Hall–Kier alpha value is -1.38. The number of nitrogen functional groups attached to an aromatic ring is 1. The SMILES string of the molecule is CCN(CC)c1nc(N)c(C(=O)NC(CCO)COC)s1. The molecule has 0 fully saturated rings. The molecular weight excluding hydrogens is 292 g/mol. The molecule has 1 unspecified atom stereocenters. The van der Waals surface area contributed by atoms with Gasteiger partial charge < -0.3 is 25.8 Å². The predicted octanol–water partition coefficient (Wildman–Crippen LogP) is 0.699. The molecule has 120 valence electrons. The first-order chi connectivity index (χ1) is 10.1. The molecule has 1 amide bonds. The zero-order valence-electron chi connectivity index (χ0n) is 12.8. The van der Waals surface area contributed by atoms with E-state index in [1.807, 2.05) is 18.7 Å². The maximum atomic E-state index is 12.3. The number of ether oxygens (including phenoxy) is 1. The highest BCUT2D eigenvalue weighted by atomic mass is 32.1. The van der Waals surface area contributed by atoms with Crippen LogP contribution in [0.1, 0.15) is 29.9 Å². The summed E-state index contributed by atoms with van der Waals surface area (Å²) >= 11 is 1.28. The van der Waals surface area contributed by atoms with Crippen LogP contribution in [0, 0.1) is 0 Å². The summed E-state index contributed by atoms with van der Waals surface area (Å²) in [7, 11) is 1.55. The van der Waals surface area contributed by atoms with Crippen LogP contribution in [-0.2, 0) is 4.74 Å². The van der Waals surface area contributed by atoms with Crippen LogP contribution in [0.3, 0.4) is 0 Å². The minimum atomic E-state index is -0.279. The van der Waals surface area contributed by atoms with Gasteiger partial charge in [0.05, 0.1) is 12.6 Å². The van der Waals surface area contributed by atoms with Crippen molar-refractivity contribution in [3.63, 3.8) is 0 Å². The molecule has 0 spiro atoms. The first-order valence-electron chi connectivity index (χ1n) is 6.99. The molecule has 0 aliphatic heterocycles. The molecule has 4 N–H and O–H groups in total. The molecule has 0 bridgehead atoms. The quantitative estimate of drug-likeness (QED) is 0.620. The van der Waals surface area contributed by atoms with E-state index in [4.69, 9.17) is 15.6 Å². The summed E-state index contributed by atoms with van der Waals surface area (Å²) in [6, 6.07) is -0.245. The number of carbonyl (C=O) groups excluding carboxylic acids is 1. The molecule has 8 heteroatoms. The second-order valence-electron chi connectivity index (χ2n) is 4.52. The van der Waals surface area contributed by atoms with Crippen molar-refractivity contribution in [3.8, 4) is 0 Å². The Morgan fingerprint density at radius 2 is 2.19 bits per heavy atom. The molecule has 1 aromatic heterocycles. The number of hydrogen-bond acceptors (Lipinski definition) is 7. The number of nitrogens with two attached hydrogens (primary N) is 1. The molecule has 0 aromatic carbocycles. The number of aromatic nitrogens is 1. The smallest absolute Gasteiger partial charge is 0.265 e. The monoisotopic (exact) mass is 316 g/mol. The van der Waals surface area contributed by atoms with Crippen LogP contribution in [-0.4, -0.2) is 55.5 Å². The van der Waals surface area contributed by atoms with Crippen LogP contribution in [0.5, 0.6) is 0 Å². The maximum Gasteiger partial charge on any atom is 0.265 e. The van der Waals surface area contributed by atoms with Crippen molar-refractivity contribution in [1.82, 2.24) is 10.3 Å². The van der Waals surface area contributed by atoms with Gasteiger partial charge in [0.15, 0.2) is 5.13 Å². The van der Waals surface area contributed by atoms with Gasteiger partial charge in [-0.05, 0) is 20.3 Å². The summed E-state index contributed by atoms with van der Waals surface area (Å²) in [6.07, 6.45) is 0.432. The number of thiazole rings is 1. The van der Waals surface area contributed by atoms with Crippen molar-refractivity contribution in [2.75, 3.05) is 44.0 Å². The Labute approximate surface area is 129 Å². The van der Waals surface area contributed by atoms with Crippen LogP contribution in [0.25, 0.3) is 0 Å². The van der Waals surface area contributed by atoms with Crippen LogP contribution < -0.4 is 16.0 Å². The lowest BCUT2D eigenvalue weighted by molar-refractivity contribution is 0.0883. The molecule has 0 radical (unpaired) electrons. The topological polar surface area (TPSA) is 101 Å². The van der Waals surface area contributed by atoms with Gasteiger partial charge in [-0.2, -0.15) is 0 Å². The van der Waals surface area contributed by atoms with Crippen molar-refractivity contribution in [2.45, 2.75) is 26.3 Å². The second-order valence-corrected chi connectivity index (χ2v) is 5.50. The highest BCUT2D eigenvalue weighted by molar-refractivity contribution is 7.18. The Balaban J connectivity index is 2.82. The zero-order valence-corrected chi connectivity index (χ0v) is 13.6. The van der Waals surface area contributed by atoms with E-state index in [0.717, 1.165) is 18.2 Å². The van der Waals surface area contributed by atoms with Crippen molar-refractivity contribution in [3.05, 3.63) is 4.88 Å². The molecule has 1 atom stereocenters. The molecule has 1 aromatic rings. The normalized spacial score (nSPS) is 12.2. The van der Waals surface area contributed by atoms with Crippen LogP contribution >= 0.6 is 11.3 Å². The number of rotatable bonds is 9. The lowest BCUT2D eigenvalue weighted by Gasteiger charge is -2.17. The summed E-state index contributed by atoms with van der Waals surface area (Å²) < 4.78 is 5.02. The third-order valence-electron chi connectivity index (χ3n) is 3.06. The highest BCUT2D eigenvalue weighted by Gasteiger charge is 2.21. The first-order valence-corrected chi connectivity index (χ1v) is 7.80. The lowest BCUT2D eigenvalue weighted by atomic mass is 10.2. The van der Waals surface area contributed by atoms with Gasteiger partial charge >= 0.3 is 0 Å². The van der Waals surface area contributed by atoms with E-state index in [2.05, 4.69) is 10.3 Å². The van der Waals surface area contributed by atoms with Gasteiger partial charge in [0.25, 0.3) is 5.91 Å². The molecule has 0 aliphatic rings. The van der Waals surface area contributed by atoms with Crippen molar-refractivity contribution < 1.29 is 14.6 Å². The standard InChI is InChI=1S/C13H24N4O3S/c1-4-17(5-2)13-16-11(14)10(21-13)12(19)15-9(6-7-18)8-20-3/h9,18H,4-8,14H2,1-3H3,(H,15,19). The van der Waals surface area contributed by atoms with E-state index >= 15 is 0 Å². The van der Waals surface area contributed by atoms with E-state index in [1.54, 1.807) is 7.11 Å². The fourth-order valence-electron chi connectivity index (χ4n) is 1.92. The number of nitrogens with one attached hydrogen (secondary N) is 1. The maximum absolute atomic E-state index is 12.3. The summed E-state index contributed by atoms with van der Waals surface area (Å²) in [6.45, 7) is 5.99. The van der Waals surface area contributed by atoms with E-state index in [-0.39, 0.29) is 24.4 Å². The van der Waals surface area contributed by atoms with Gasteiger partial charge in [0, 0.05) is 26.8 Å². The summed E-state index contributed by atoms with van der Waals surface area (Å²) in [4.78, 5) is 19.0. The number of hydrogen-bond donors (Lipinski definition) is 3. The van der Waals surface area contributed by atoms with Crippen LogP contribution in [0.4, 0.5) is 10.9 Å². The molecule has 0 saturated heterocycles. The highest BCUT2D eigenvalue weighted by Crippen LogP contribution is 2.28. The molecule has 1 heterocycles. The third-order valence-corrected chi connectivity index (χ3v) is 4.19. The van der Waals surface area contributed by atoms with Gasteiger partial charge in [-0.1, -0.05) is 11.3 Å². The minimum Gasteiger partial charge on any atom is -0.396 e. The van der Waals surface area contributed by atoms with Gasteiger partial charge in [0.2, 0.25) is 0 Å². The van der Waals surface area contributed by atoms with Gasteiger partial charge in [-0.25, -0.2) is 4.98 Å². The van der Waals surface area contributed by atoms with E-state index in [0.29, 0.717) is 17.9 Å². The Morgan fingerprint density at radius 1 is 1.52 bits per heavy atom. The average molecular weight is 316 g/mol. The van der Waals surface area contributed by atoms with E-state index < -0.39 is 0 Å². The van der Waals surface area contributed by atoms with Gasteiger partial charge in [-0.15, -0.1) is 0 Å². The number of methoxy groups -OCH3 is 1. The molecule has 1 rings (SSSR count). The lowest BCUT2D eigenvalue weighted by Crippen LogP contribution is -2.38. The van der Waals surface area contributed by atoms with Crippen molar-refractivity contribution in [1.29, 1.82) is 0 Å². The van der Waals surface area contributed by atoms with Crippen LogP contribution in [0.2, 0.25) is 0 Å². The Bertz CT molecular complexity index is 443. The summed E-state index contributed by atoms with van der Waals surface area (Å²) in [5, 5.41) is 12.5. The molecule has 7 nitrogen and oxygen atoms in total. The van der Waals surface area contributed by atoms with E-state index in [1.165, 1.54) is 11.3 Å². The number of carbonyl (C=O) groups is 1. The average Bonchev–Trinajstić information content (AvgIpc) is 2.83. The van der Waals surface area contributed by atoms with Crippen molar-refractivity contribution >= 4 is 28.2 Å². The fourth-order valence-corrected chi connectivity index (χ4v) is 2.93. The predicted molar refractivity (Wildman–Crippen MR) is 84.9 cm³/mol. The molecular formula is C13H24N4O3S. The summed E-state index contributed by atoms with van der Waals surface area (Å²) in [5.41, 5.74) is 5.84. The van der Waals surface area contributed by atoms with Crippen molar-refractivity contribution in [2.24, 2.45) is 0 Å². The minimum absolute atomic E-state index is 0.0167. The zero-order chi connectivity index (χ0) is 15.8. The number of anilines is 2. The number of aliphatic hydroxyl groups excluding tert-OH is 1. The van der Waals surface area contributed by atoms with Gasteiger partial charge in [-0.3, -0.25) is 4.79 Å². The van der Waals surface area contributed by atoms with Gasteiger partial charge in [0.1, 0.15) is 10.7 Å². The summed E-state index contributed by atoms with van der Waals surface area (Å²) in [5.74, 6) is -0.0431.